The molecule has 0 amide bonds. The molecule has 0 fully saturated rings. The molecule has 100 valence electrons. The lowest BCUT2D eigenvalue weighted by Gasteiger charge is -2.14. The fraction of sp³-hybridized carbons (Fsp3) is 0.231. The van der Waals surface area contributed by atoms with Crippen molar-refractivity contribution in [2.24, 2.45) is 7.05 Å². The predicted octanol–water partition coefficient (Wildman–Crippen LogP) is 2.22. The van der Waals surface area contributed by atoms with Gasteiger partial charge in [-0.05, 0) is 18.2 Å². The molecule has 0 aliphatic carbocycles. The van der Waals surface area contributed by atoms with Crippen molar-refractivity contribution in [2.75, 3.05) is 19.5 Å². The molecule has 0 saturated heterocycles. The minimum atomic E-state index is 0.517. The van der Waals surface area contributed by atoms with Gasteiger partial charge in [-0.3, -0.25) is 4.68 Å². The lowest BCUT2D eigenvalue weighted by atomic mass is 10.2. The molecule has 1 aromatic carbocycles. The number of anilines is 1. The first kappa shape index (κ1) is 13.4. The Morgan fingerprint density at radius 2 is 1.84 bits per heavy atom. The maximum absolute atomic E-state index is 5.33. The monoisotopic (exact) mass is 277 g/mol. The number of methoxy groups -OCH3 is 2. The minimum Gasteiger partial charge on any atom is -0.494 e. The van der Waals surface area contributed by atoms with Gasteiger partial charge in [0.25, 0.3) is 0 Å². The zero-order chi connectivity index (χ0) is 13.8. The van der Waals surface area contributed by atoms with E-state index in [0.717, 1.165) is 0 Å². The number of thiocarbonyl (C=S) groups is 1. The lowest BCUT2D eigenvalue weighted by Crippen LogP contribution is -2.13. The molecular formula is C13H15N3O2S. The van der Waals surface area contributed by atoms with Crippen LogP contribution in [0.3, 0.4) is 0 Å². The summed E-state index contributed by atoms with van der Waals surface area (Å²) in [5.74, 6) is 1.33. The number of nitrogens with one attached hydrogen (secondary N) is 1. The van der Waals surface area contributed by atoms with Crippen LogP contribution in [-0.2, 0) is 7.05 Å². The van der Waals surface area contributed by atoms with Crippen molar-refractivity contribution in [2.45, 2.75) is 0 Å². The molecule has 1 N–H and O–H groups in total. The maximum atomic E-state index is 5.33. The van der Waals surface area contributed by atoms with E-state index in [1.165, 1.54) is 0 Å². The highest BCUT2D eigenvalue weighted by Crippen LogP contribution is 2.34. The highest BCUT2D eigenvalue weighted by atomic mass is 32.1. The van der Waals surface area contributed by atoms with Gasteiger partial charge in [-0.2, -0.15) is 5.10 Å². The fourth-order valence-corrected chi connectivity index (χ4v) is 1.90. The molecule has 0 bridgehead atoms. The molecule has 1 aromatic heterocycles. The van der Waals surface area contributed by atoms with E-state index in [9.17, 15) is 0 Å². The van der Waals surface area contributed by atoms with Gasteiger partial charge in [0.15, 0.2) is 0 Å². The van der Waals surface area contributed by atoms with E-state index in [2.05, 4.69) is 10.4 Å². The van der Waals surface area contributed by atoms with Gasteiger partial charge in [0.1, 0.15) is 27.9 Å². The summed E-state index contributed by atoms with van der Waals surface area (Å²) in [5.41, 5.74) is 1.40. The first-order valence-corrected chi connectivity index (χ1v) is 6.08. The number of hydrogen-bond acceptors (Lipinski definition) is 4. The van der Waals surface area contributed by atoms with E-state index in [0.29, 0.717) is 27.9 Å². The molecule has 5 nitrogen and oxygen atoms in total. The molecule has 19 heavy (non-hydrogen) atoms. The van der Waals surface area contributed by atoms with Crippen LogP contribution in [0.25, 0.3) is 0 Å². The van der Waals surface area contributed by atoms with Crippen LogP contribution < -0.4 is 14.8 Å². The van der Waals surface area contributed by atoms with E-state index in [4.69, 9.17) is 21.7 Å². The summed E-state index contributed by atoms with van der Waals surface area (Å²) in [7, 11) is 5.04. The lowest BCUT2D eigenvalue weighted by molar-refractivity contribution is 0.398. The van der Waals surface area contributed by atoms with E-state index < -0.39 is 0 Å². The number of ether oxygens (including phenoxy) is 2. The SMILES string of the molecule is COc1cccc(OC)c1NC(=S)c1ccn(C)n1. The minimum absolute atomic E-state index is 0.517. The fourth-order valence-electron chi connectivity index (χ4n) is 1.69. The topological polar surface area (TPSA) is 48.3 Å². The molecule has 0 spiro atoms. The zero-order valence-electron chi connectivity index (χ0n) is 11.0. The first-order chi connectivity index (χ1) is 9.15. The summed E-state index contributed by atoms with van der Waals surface area (Å²) in [6.45, 7) is 0. The third kappa shape index (κ3) is 2.85. The van der Waals surface area contributed by atoms with Gasteiger partial charge < -0.3 is 14.8 Å². The highest BCUT2D eigenvalue weighted by Gasteiger charge is 2.13. The van der Waals surface area contributed by atoms with Gasteiger partial charge in [-0.15, -0.1) is 0 Å². The van der Waals surface area contributed by atoms with Gasteiger partial charge in [-0.1, -0.05) is 18.3 Å². The Balaban J connectivity index is 2.30. The Bertz CT molecular complexity index is 573. The van der Waals surface area contributed by atoms with Crippen molar-refractivity contribution in [3.8, 4) is 11.5 Å². The number of rotatable bonds is 4. The average Bonchev–Trinajstić information content (AvgIpc) is 2.85. The van der Waals surface area contributed by atoms with Crippen molar-refractivity contribution < 1.29 is 9.47 Å². The van der Waals surface area contributed by atoms with Crippen molar-refractivity contribution in [3.63, 3.8) is 0 Å². The average molecular weight is 277 g/mol. The molecule has 0 saturated carbocycles. The maximum Gasteiger partial charge on any atom is 0.146 e. The third-order valence-electron chi connectivity index (χ3n) is 2.61. The van der Waals surface area contributed by atoms with Gasteiger partial charge in [0.2, 0.25) is 0 Å². The van der Waals surface area contributed by atoms with Crippen LogP contribution in [-0.4, -0.2) is 29.0 Å². The molecular weight excluding hydrogens is 262 g/mol. The predicted molar refractivity (Wildman–Crippen MR) is 78.1 cm³/mol. The molecule has 6 heteroatoms. The van der Waals surface area contributed by atoms with Crippen LogP contribution in [0.15, 0.2) is 30.5 Å². The van der Waals surface area contributed by atoms with Gasteiger partial charge in [0.05, 0.1) is 14.2 Å². The molecule has 1 heterocycles. The molecule has 2 rings (SSSR count). The quantitative estimate of drug-likeness (QED) is 0.868. The first-order valence-electron chi connectivity index (χ1n) is 5.67. The van der Waals surface area contributed by atoms with Crippen LogP contribution in [0.4, 0.5) is 5.69 Å². The molecule has 2 aromatic rings. The second-order valence-corrected chi connectivity index (χ2v) is 4.27. The number of aryl methyl sites for hydroxylation is 1. The smallest absolute Gasteiger partial charge is 0.146 e. The normalized spacial score (nSPS) is 10.1. The second kappa shape index (κ2) is 5.71. The zero-order valence-corrected chi connectivity index (χ0v) is 11.8. The van der Waals surface area contributed by atoms with Crippen LogP contribution in [0, 0.1) is 0 Å². The highest BCUT2D eigenvalue weighted by molar-refractivity contribution is 7.81. The number of para-hydroxylation sites is 1. The van der Waals surface area contributed by atoms with Crippen LogP contribution in [0.5, 0.6) is 11.5 Å². The number of aromatic nitrogens is 2. The summed E-state index contributed by atoms with van der Waals surface area (Å²) < 4.78 is 12.3. The molecule has 0 unspecified atom stereocenters. The Kier molecular flexibility index (Phi) is 4.01. The Hall–Kier alpha value is -2.08. The van der Waals surface area contributed by atoms with Crippen LogP contribution in [0.1, 0.15) is 5.69 Å². The van der Waals surface area contributed by atoms with Gasteiger partial charge in [0, 0.05) is 13.2 Å². The Morgan fingerprint density at radius 1 is 1.21 bits per heavy atom. The largest absolute Gasteiger partial charge is 0.494 e. The third-order valence-corrected chi connectivity index (χ3v) is 2.92. The van der Waals surface area contributed by atoms with Crippen molar-refractivity contribution in [1.29, 1.82) is 0 Å². The molecule has 0 aliphatic rings. The van der Waals surface area contributed by atoms with Crippen molar-refractivity contribution in [1.82, 2.24) is 9.78 Å². The summed E-state index contributed by atoms with van der Waals surface area (Å²) in [6.07, 6.45) is 1.84. The van der Waals surface area contributed by atoms with E-state index in [-0.39, 0.29) is 0 Å². The summed E-state index contributed by atoms with van der Waals surface area (Å²) >= 11 is 5.33. The summed E-state index contributed by atoms with van der Waals surface area (Å²) in [6, 6.07) is 7.38. The van der Waals surface area contributed by atoms with Crippen molar-refractivity contribution >= 4 is 22.9 Å². The van der Waals surface area contributed by atoms with Crippen LogP contribution >= 0.6 is 12.2 Å². The molecule has 0 aliphatic heterocycles. The second-order valence-electron chi connectivity index (χ2n) is 3.87. The van der Waals surface area contributed by atoms with E-state index >= 15 is 0 Å². The van der Waals surface area contributed by atoms with Gasteiger partial charge >= 0.3 is 0 Å². The standard InChI is InChI=1S/C13H15N3O2S/c1-16-8-7-9(15-16)13(19)14-12-10(17-2)5-4-6-11(12)18-3/h4-8H,1-3H3,(H,14,19). The van der Waals surface area contributed by atoms with Gasteiger partial charge in [-0.25, -0.2) is 0 Å². The molecule has 0 radical (unpaired) electrons. The van der Waals surface area contributed by atoms with Crippen molar-refractivity contribution in [3.05, 3.63) is 36.2 Å². The molecule has 0 atom stereocenters. The summed E-state index contributed by atoms with van der Waals surface area (Å²) in [4.78, 5) is 0.517. The number of hydrogen-bond donors (Lipinski definition) is 1. The Morgan fingerprint density at radius 3 is 2.32 bits per heavy atom. The van der Waals surface area contributed by atoms with E-state index in [1.807, 2.05) is 37.5 Å². The van der Waals surface area contributed by atoms with Crippen LogP contribution in [0.2, 0.25) is 0 Å². The Labute approximate surface area is 117 Å². The number of benzene rings is 1. The number of nitrogens with zero attached hydrogens (tertiary/aromatic N) is 2. The van der Waals surface area contributed by atoms with E-state index in [1.54, 1.807) is 18.9 Å². The summed E-state index contributed by atoms with van der Waals surface area (Å²) in [5, 5.41) is 7.37.